The van der Waals surface area contributed by atoms with E-state index in [-0.39, 0.29) is 12.0 Å². The van der Waals surface area contributed by atoms with Gasteiger partial charge in [-0.1, -0.05) is 92.2 Å². The topological polar surface area (TPSA) is 46.2 Å². The van der Waals surface area contributed by atoms with Gasteiger partial charge >= 0.3 is 0 Å². The zero-order chi connectivity index (χ0) is 20.9. The molecule has 0 aliphatic carbocycles. The standard InChI is InChI=1S/C24H28NO2PS/c1-19(2)24(25-29(26,27)23-16-14-20(3)15-17-23)18-28(21-10-6-4-7-11-21)22-12-8-5-9-13-22/h4-17,19,24-25H,18H2,1-3H3/t24-/m1/s1. The first kappa shape index (κ1) is 21.7. The van der Waals surface area contributed by atoms with Crippen LogP contribution in [0, 0.1) is 12.8 Å². The first-order chi connectivity index (χ1) is 13.9. The molecule has 3 aromatic carbocycles. The Hall–Kier alpha value is -2.00. The Labute approximate surface area is 176 Å². The van der Waals surface area contributed by atoms with E-state index >= 15 is 0 Å². The van der Waals surface area contributed by atoms with E-state index in [1.54, 1.807) is 12.1 Å². The summed E-state index contributed by atoms with van der Waals surface area (Å²) in [5.74, 6) is 0.174. The summed E-state index contributed by atoms with van der Waals surface area (Å²) in [5.41, 5.74) is 1.04. The molecule has 3 rings (SSSR count). The minimum Gasteiger partial charge on any atom is -0.207 e. The van der Waals surface area contributed by atoms with E-state index in [4.69, 9.17) is 0 Å². The van der Waals surface area contributed by atoms with Crippen molar-refractivity contribution in [2.75, 3.05) is 6.16 Å². The van der Waals surface area contributed by atoms with E-state index < -0.39 is 17.9 Å². The van der Waals surface area contributed by atoms with Gasteiger partial charge in [0.25, 0.3) is 0 Å². The van der Waals surface area contributed by atoms with Gasteiger partial charge in [0.15, 0.2) is 0 Å². The third-order valence-electron chi connectivity index (χ3n) is 4.96. The molecule has 0 heterocycles. The van der Waals surface area contributed by atoms with Crippen molar-refractivity contribution in [2.24, 2.45) is 5.92 Å². The van der Waals surface area contributed by atoms with Gasteiger partial charge in [0, 0.05) is 6.04 Å². The number of hydrogen-bond donors (Lipinski definition) is 1. The summed E-state index contributed by atoms with van der Waals surface area (Å²) in [4.78, 5) is 0.317. The second kappa shape index (κ2) is 9.67. The second-order valence-corrected chi connectivity index (χ2v) is 11.5. The molecule has 29 heavy (non-hydrogen) atoms. The van der Waals surface area contributed by atoms with Crippen LogP contribution in [-0.4, -0.2) is 20.6 Å². The lowest BCUT2D eigenvalue weighted by molar-refractivity contribution is 0.481. The third-order valence-corrected chi connectivity index (χ3v) is 9.06. The van der Waals surface area contributed by atoms with Crippen molar-refractivity contribution in [1.82, 2.24) is 4.72 Å². The Balaban J connectivity index is 1.90. The third kappa shape index (κ3) is 5.76. The van der Waals surface area contributed by atoms with Crippen molar-refractivity contribution in [1.29, 1.82) is 0 Å². The largest absolute Gasteiger partial charge is 0.240 e. The Bertz CT molecular complexity index is 964. The van der Waals surface area contributed by atoms with Crippen LogP contribution in [0.1, 0.15) is 19.4 Å². The smallest absolute Gasteiger partial charge is 0.207 e. The molecule has 0 amide bonds. The summed E-state index contributed by atoms with van der Waals surface area (Å²) in [7, 11) is -4.25. The normalized spacial score (nSPS) is 13.0. The summed E-state index contributed by atoms with van der Waals surface area (Å²) in [6.45, 7) is 6.10. The maximum absolute atomic E-state index is 13.0. The number of hydrogen-bond acceptors (Lipinski definition) is 2. The van der Waals surface area contributed by atoms with Crippen LogP contribution in [0.15, 0.2) is 89.8 Å². The van der Waals surface area contributed by atoms with Crippen LogP contribution in [0.3, 0.4) is 0 Å². The molecule has 3 aromatic rings. The highest BCUT2D eigenvalue weighted by atomic mass is 32.2. The van der Waals surface area contributed by atoms with Crippen LogP contribution >= 0.6 is 7.92 Å². The lowest BCUT2D eigenvalue weighted by atomic mass is 10.1. The van der Waals surface area contributed by atoms with Gasteiger partial charge in [-0.2, -0.15) is 0 Å². The maximum Gasteiger partial charge on any atom is 0.240 e. The van der Waals surface area contributed by atoms with E-state index in [9.17, 15) is 8.42 Å². The van der Waals surface area contributed by atoms with Crippen LogP contribution < -0.4 is 15.3 Å². The molecule has 0 spiro atoms. The molecule has 0 unspecified atom stereocenters. The van der Waals surface area contributed by atoms with E-state index in [1.165, 1.54) is 10.6 Å². The molecule has 0 bridgehead atoms. The second-order valence-electron chi connectivity index (χ2n) is 7.57. The van der Waals surface area contributed by atoms with Gasteiger partial charge < -0.3 is 0 Å². The van der Waals surface area contributed by atoms with Crippen molar-refractivity contribution >= 4 is 28.6 Å². The predicted octanol–water partition coefficient (Wildman–Crippen LogP) is 4.43. The highest BCUT2D eigenvalue weighted by molar-refractivity contribution is 7.89. The molecule has 1 N–H and O–H groups in total. The highest BCUT2D eigenvalue weighted by Crippen LogP contribution is 2.35. The minimum atomic E-state index is -3.57. The zero-order valence-corrected chi connectivity index (χ0v) is 18.8. The summed E-state index contributed by atoms with van der Waals surface area (Å²) in [6.07, 6.45) is 0.756. The molecule has 5 heteroatoms. The fraction of sp³-hybridized carbons (Fsp3) is 0.250. The number of aryl methyl sites for hydroxylation is 1. The molecule has 0 aliphatic heterocycles. The van der Waals surface area contributed by atoms with Gasteiger partial charge in [0.05, 0.1) is 4.90 Å². The molecule has 3 nitrogen and oxygen atoms in total. The summed E-state index contributed by atoms with van der Waals surface area (Å²) in [5, 5.41) is 2.52. The van der Waals surface area contributed by atoms with Crippen LogP contribution in [0.4, 0.5) is 0 Å². The van der Waals surface area contributed by atoms with Gasteiger partial charge in [0.2, 0.25) is 10.0 Å². The summed E-state index contributed by atoms with van der Waals surface area (Å²) in [6, 6.07) is 27.7. The zero-order valence-electron chi connectivity index (χ0n) is 17.1. The predicted molar refractivity (Wildman–Crippen MR) is 124 cm³/mol. The minimum absolute atomic E-state index is 0.159. The molecule has 0 fully saturated rings. The Morgan fingerprint density at radius 1 is 0.793 bits per heavy atom. The van der Waals surface area contributed by atoms with Crippen LogP contribution in [0.5, 0.6) is 0 Å². The van der Waals surface area contributed by atoms with E-state index in [0.717, 1.165) is 11.7 Å². The average Bonchev–Trinajstić information content (AvgIpc) is 2.72. The van der Waals surface area contributed by atoms with Gasteiger partial charge in [0.1, 0.15) is 0 Å². The SMILES string of the molecule is Cc1ccc(S(=O)(=O)N[C@H](CP(c2ccccc2)c2ccccc2)C(C)C)cc1. The molecule has 0 saturated heterocycles. The number of nitrogens with one attached hydrogen (secondary N) is 1. The Kier molecular flexibility index (Phi) is 7.23. The molecule has 0 aromatic heterocycles. The lowest BCUT2D eigenvalue weighted by Gasteiger charge is -2.28. The van der Waals surface area contributed by atoms with Crippen molar-refractivity contribution in [3.8, 4) is 0 Å². The van der Waals surface area contributed by atoms with Gasteiger partial charge in [-0.3, -0.25) is 0 Å². The first-order valence-electron chi connectivity index (χ1n) is 9.83. The van der Waals surface area contributed by atoms with Gasteiger partial charge in [-0.05, 0) is 49.7 Å². The van der Waals surface area contributed by atoms with Crippen molar-refractivity contribution in [3.63, 3.8) is 0 Å². The Morgan fingerprint density at radius 2 is 1.28 bits per heavy atom. The summed E-state index contributed by atoms with van der Waals surface area (Å²) >= 11 is 0. The fourth-order valence-corrected chi connectivity index (χ4v) is 7.34. The van der Waals surface area contributed by atoms with Crippen LogP contribution in [0.2, 0.25) is 0 Å². The maximum atomic E-state index is 13.0. The molecule has 152 valence electrons. The van der Waals surface area contributed by atoms with E-state index in [2.05, 4.69) is 67.1 Å². The molecule has 1 atom stereocenters. The number of rotatable bonds is 8. The monoisotopic (exact) mass is 425 g/mol. The van der Waals surface area contributed by atoms with Crippen LogP contribution in [0.25, 0.3) is 0 Å². The molecule has 0 radical (unpaired) electrons. The average molecular weight is 426 g/mol. The molecular weight excluding hydrogens is 397 g/mol. The lowest BCUT2D eigenvalue weighted by Crippen LogP contribution is -2.42. The molecule has 0 saturated carbocycles. The van der Waals surface area contributed by atoms with Gasteiger partial charge in [-0.15, -0.1) is 0 Å². The van der Waals surface area contributed by atoms with Crippen molar-refractivity contribution < 1.29 is 8.42 Å². The highest BCUT2D eigenvalue weighted by Gasteiger charge is 2.26. The van der Waals surface area contributed by atoms with E-state index in [1.807, 2.05) is 31.2 Å². The number of benzene rings is 3. The van der Waals surface area contributed by atoms with E-state index in [0.29, 0.717) is 4.90 Å². The summed E-state index contributed by atoms with van der Waals surface area (Å²) < 4.78 is 29.0. The number of sulfonamides is 1. The fourth-order valence-electron chi connectivity index (χ4n) is 3.14. The first-order valence-corrected chi connectivity index (χ1v) is 12.8. The quantitative estimate of drug-likeness (QED) is 0.543. The Morgan fingerprint density at radius 3 is 1.72 bits per heavy atom. The molecular formula is C24H28NO2PS. The molecule has 0 aliphatic rings. The van der Waals surface area contributed by atoms with Crippen molar-refractivity contribution in [2.45, 2.75) is 31.7 Å². The van der Waals surface area contributed by atoms with Crippen LogP contribution in [-0.2, 0) is 10.0 Å². The van der Waals surface area contributed by atoms with Gasteiger partial charge in [-0.25, -0.2) is 13.1 Å². The van der Waals surface area contributed by atoms with Crippen molar-refractivity contribution in [3.05, 3.63) is 90.5 Å².